The molecule has 2 rings (SSSR count). The van der Waals surface area contributed by atoms with Gasteiger partial charge in [0.1, 0.15) is 6.33 Å². The van der Waals surface area contributed by atoms with Gasteiger partial charge in [0, 0.05) is 12.4 Å². The summed E-state index contributed by atoms with van der Waals surface area (Å²) in [6.45, 7) is 0. The van der Waals surface area contributed by atoms with E-state index in [-0.39, 0.29) is 5.82 Å². The first-order chi connectivity index (χ1) is 7.27. The van der Waals surface area contributed by atoms with Crippen LogP contribution in [0.5, 0.6) is 0 Å². The summed E-state index contributed by atoms with van der Waals surface area (Å²) in [4.78, 5) is 26.3. The van der Waals surface area contributed by atoms with Gasteiger partial charge in [0.25, 0.3) is 5.91 Å². The molecular formula is C9H7N5O. The summed E-state index contributed by atoms with van der Waals surface area (Å²) in [5, 5.41) is 0. The number of nitrogens with zero attached hydrogens (tertiary/aromatic N) is 4. The predicted octanol–water partition coefficient (Wildman–Crippen LogP) is 0.0325. The SMILES string of the molecule is NC(=O)c1nccc(-c2ccncn2)n1. The zero-order valence-electron chi connectivity index (χ0n) is 7.66. The Morgan fingerprint density at radius 3 is 2.60 bits per heavy atom. The maximum absolute atomic E-state index is 10.8. The molecule has 2 heterocycles. The van der Waals surface area contributed by atoms with Gasteiger partial charge in [0.05, 0.1) is 11.4 Å². The zero-order chi connectivity index (χ0) is 10.7. The smallest absolute Gasteiger partial charge is 0.286 e. The van der Waals surface area contributed by atoms with Gasteiger partial charge in [-0.05, 0) is 12.1 Å². The minimum absolute atomic E-state index is 0.0221. The quantitative estimate of drug-likeness (QED) is 0.739. The minimum Gasteiger partial charge on any atom is -0.363 e. The van der Waals surface area contributed by atoms with Crippen molar-refractivity contribution in [3.8, 4) is 11.4 Å². The number of carbonyl (C=O) groups is 1. The van der Waals surface area contributed by atoms with Crippen molar-refractivity contribution in [1.82, 2.24) is 19.9 Å². The molecule has 0 atom stereocenters. The maximum Gasteiger partial charge on any atom is 0.286 e. The average Bonchev–Trinajstić information content (AvgIpc) is 2.30. The number of nitrogens with two attached hydrogens (primary N) is 1. The Balaban J connectivity index is 2.46. The molecule has 0 aromatic carbocycles. The van der Waals surface area contributed by atoms with Crippen molar-refractivity contribution in [3.63, 3.8) is 0 Å². The van der Waals surface area contributed by atoms with Crippen molar-refractivity contribution in [2.45, 2.75) is 0 Å². The van der Waals surface area contributed by atoms with Gasteiger partial charge >= 0.3 is 0 Å². The van der Waals surface area contributed by atoms with Crippen LogP contribution in [0.25, 0.3) is 11.4 Å². The first-order valence-electron chi connectivity index (χ1n) is 4.16. The number of hydrogen-bond donors (Lipinski definition) is 1. The van der Waals surface area contributed by atoms with E-state index in [1.165, 1.54) is 12.5 Å². The van der Waals surface area contributed by atoms with Crippen LogP contribution in [0.4, 0.5) is 0 Å². The van der Waals surface area contributed by atoms with Crippen LogP contribution in [0.1, 0.15) is 10.6 Å². The summed E-state index contributed by atoms with van der Waals surface area (Å²) in [7, 11) is 0. The largest absolute Gasteiger partial charge is 0.363 e. The number of primary amides is 1. The molecule has 0 radical (unpaired) electrons. The molecule has 15 heavy (non-hydrogen) atoms. The number of rotatable bonds is 2. The van der Waals surface area contributed by atoms with E-state index in [2.05, 4.69) is 19.9 Å². The lowest BCUT2D eigenvalue weighted by Crippen LogP contribution is -2.15. The van der Waals surface area contributed by atoms with Gasteiger partial charge in [-0.1, -0.05) is 0 Å². The number of amides is 1. The summed E-state index contributed by atoms with van der Waals surface area (Å²) in [5.74, 6) is -0.683. The third-order valence-corrected chi connectivity index (χ3v) is 1.72. The standard InChI is InChI=1S/C9H7N5O/c10-8(15)9-12-4-2-7(14-9)6-1-3-11-5-13-6/h1-5H,(H2,10,15). The Morgan fingerprint density at radius 2 is 1.93 bits per heavy atom. The lowest BCUT2D eigenvalue weighted by molar-refractivity contribution is 0.0990. The molecule has 2 aromatic rings. The van der Waals surface area contributed by atoms with Crippen LogP contribution >= 0.6 is 0 Å². The van der Waals surface area contributed by atoms with Crippen LogP contribution < -0.4 is 5.73 Å². The molecule has 0 aliphatic rings. The van der Waals surface area contributed by atoms with Gasteiger partial charge in [0.15, 0.2) is 0 Å². The van der Waals surface area contributed by atoms with Crippen LogP contribution in [0.2, 0.25) is 0 Å². The van der Waals surface area contributed by atoms with E-state index in [0.717, 1.165) is 0 Å². The lowest BCUT2D eigenvalue weighted by atomic mass is 10.3. The van der Waals surface area contributed by atoms with Crippen LogP contribution in [0.15, 0.2) is 30.9 Å². The van der Waals surface area contributed by atoms with Gasteiger partial charge in [-0.3, -0.25) is 4.79 Å². The van der Waals surface area contributed by atoms with Gasteiger partial charge in [-0.15, -0.1) is 0 Å². The topological polar surface area (TPSA) is 94.7 Å². The highest BCUT2D eigenvalue weighted by molar-refractivity contribution is 5.89. The van der Waals surface area contributed by atoms with E-state index in [4.69, 9.17) is 5.73 Å². The summed E-state index contributed by atoms with van der Waals surface area (Å²) >= 11 is 0. The molecule has 0 saturated carbocycles. The van der Waals surface area contributed by atoms with E-state index in [9.17, 15) is 4.79 Å². The Kier molecular flexibility index (Phi) is 2.32. The summed E-state index contributed by atoms with van der Waals surface area (Å²) < 4.78 is 0. The molecule has 74 valence electrons. The number of aromatic nitrogens is 4. The molecule has 0 fully saturated rings. The Bertz CT molecular complexity index is 485. The highest BCUT2D eigenvalue weighted by Gasteiger charge is 2.06. The monoisotopic (exact) mass is 201 g/mol. The minimum atomic E-state index is -0.661. The van der Waals surface area contributed by atoms with E-state index >= 15 is 0 Å². The molecule has 0 saturated heterocycles. The molecule has 0 aliphatic heterocycles. The third kappa shape index (κ3) is 1.93. The first kappa shape index (κ1) is 9.20. The second kappa shape index (κ2) is 3.79. The van der Waals surface area contributed by atoms with Gasteiger partial charge < -0.3 is 5.73 Å². The molecule has 0 bridgehead atoms. The molecule has 0 aliphatic carbocycles. The summed E-state index contributed by atoms with van der Waals surface area (Å²) in [6, 6.07) is 3.34. The Morgan fingerprint density at radius 1 is 1.13 bits per heavy atom. The Labute approximate surface area is 85.2 Å². The molecule has 2 N–H and O–H groups in total. The van der Waals surface area contributed by atoms with Crippen molar-refractivity contribution in [3.05, 3.63) is 36.7 Å². The van der Waals surface area contributed by atoms with Crippen LogP contribution in [-0.2, 0) is 0 Å². The lowest BCUT2D eigenvalue weighted by Gasteiger charge is -1.99. The molecule has 6 heteroatoms. The normalized spacial score (nSPS) is 9.87. The molecule has 6 nitrogen and oxygen atoms in total. The number of hydrogen-bond acceptors (Lipinski definition) is 5. The first-order valence-corrected chi connectivity index (χ1v) is 4.16. The predicted molar refractivity (Wildman–Crippen MR) is 51.6 cm³/mol. The summed E-state index contributed by atoms with van der Waals surface area (Å²) in [6.07, 6.45) is 4.46. The highest BCUT2D eigenvalue weighted by atomic mass is 16.1. The Hall–Kier alpha value is -2.37. The molecule has 1 amide bonds. The highest BCUT2D eigenvalue weighted by Crippen LogP contribution is 2.11. The average molecular weight is 201 g/mol. The molecular weight excluding hydrogens is 194 g/mol. The fraction of sp³-hybridized carbons (Fsp3) is 0. The van der Waals surface area contributed by atoms with E-state index in [0.29, 0.717) is 11.4 Å². The van der Waals surface area contributed by atoms with Crippen LogP contribution in [-0.4, -0.2) is 25.8 Å². The second-order valence-corrected chi connectivity index (χ2v) is 2.72. The molecule has 0 unspecified atom stereocenters. The van der Waals surface area contributed by atoms with Crippen molar-refractivity contribution in [2.75, 3.05) is 0 Å². The van der Waals surface area contributed by atoms with Crippen molar-refractivity contribution in [1.29, 1.82) is 0 Å². The van der Waals surface area contributed by atoms with Gasteiger partial charge in [-0.2, -0.15) is 0 Å². The third-order valence-electron chi connectivity index (χ3n) is 1.72. The zero-order valence-corrected chi connectivity index (χ0v) is 7.66. The van der Waals surface area contributed by atoms with Gasteiger partial charge in [0.2, 0.25) is 5.82 Å². The van der Waals surface area contributed by atoms with E-state index in [1.807, 2.05) is 0 Å². The van der Waals surface area contributed by atoms with Gasteiger partial charge in [-0.25, -0.2) is 19.9 Å². The second-order valence-electron chi connectivity index (χ2n) is 2.72. The van der Waals surface area contributed by atoms with Crippen LogP contribution in [0, 0.1) is 0 Å². The fourth-order valence-electron chi connectivity index (χ4n) is 1.06. The maximum atomic E-state index is 10.8. The van der Waals surface area contributed by atoms with Crippen molar-refractivity contribution >= 4 is 5.91 Å². The van der Waals surface area contributed by atoms with E-state index < -0.39 is 5.91 Å². The van der Waals surface area contributed by atoms with Crippen molar-refractivity contribution < 1.29 is 4.79 Å². The summed E-state index contributed by atoms with van der Waals surface area (Å²) in [5.41, 5.74) is 6.23. The number of carbonyl (C=O) groups excluding carboxylic acids is 1. The molecule has 2 aromatic heterocycles. The fourth-order valence-corrected chi connectivity index (χ4v) is 1.06. The molecule has 0 spiro atoms. The van der Waals surface area contributed by atoms with Crippen molar-refractivity contribution in [2.24, 2.45) is 5.73 Å². The van der Waals surface area contributed by atoms with E-state index in [1.54, 1.807) is 18.3 Å². The van der Waals surface area contributed by atoms with Crippen LogP contribution in [0.3, 0.4) is 0 Å².